The van der Waals surface area contributed by atoms with Gasteiger partial charge in [0.1, 0.15) is 12.1 Å². The number of aromatic nitrogens is 4. The first-order valence-corrected chi connectivity index (χ1v) is 6.18. The van der Waals surface area contributed by atoms with Crippen LogP contribution in [-0.2, 0) is 11.8 Å². The molecule has 0 bridgehead atoms. The summed E-state index contributed by atoms with van der Waals surface area (Å²) < 4.78 is 21.1. The number of hydrogen-bond acceptors (Lipinski definition) is 5. The monoisotopic (exact) mass is 265 g/mol. The smallest absolute Gasteiger partial charge is 0.163 e. The minimum Gasteiger partial charge on any atom is -0.381 e. The summed E-state index contributed by atoms with van der Waals surface area (Å²) in [5.74, 6) is 0.744. The molecule has 1 saturated heterocycles. The maximum Gasteiger partial charge on any atom is 0.163 e. The number of fused-ring (bicyclic) bond motifs is 1. The molecule has 102 valence electrons. The number of rotatable bonds is 3. The molecule has 6 nitrogen and oxygen atoms in total. The maximum absolute atomic E-state index is 14.4. The van der Waals surface area contributed by atoms with Crippen LogP contribution in [0.4, 0.5) is 10.2 Å². The molecule has 0 aromatic carbocycles. The molecule has 1 atom stereocenters. The van der Waals surface area contributed by atoms with Gasteiger partial charge < -0.3 is 9.64 Å². The number of hydrogen-bond donors (Lipinski definition) is 0. The molecule has 0 N–H and O–H groups in total. The molecular weight excluding hydrogens is 249 g/mol. The van der Waals surface area contributed by atoms with Crippen LogP contribution in [0, 0.1) is 0 Å². The molecule has 2 aromatic rings. The summed E-state index contributed by atoms with van der Waals surface area (Å²) in [5.41, 5.74) is -0.540. The van der Waals surface area contributed by atoms with Crippen molar-refractivity contribution in [3.8, 4) is 0 Å². The summed E-state index contributed by atoms with van der Waals surface area (Å²) in [5, 5.41) is 5.02. The molecule has 1 unspecified atom stereocenters. The molecule has 0 saturated carbocycles. The Kier molecular flexibility index (Phi) is 2.85. The molecule has 0 aliphatic carbocycles. The SMILES string of the molecule is COCC1(F)CCN(c2ncnc3c2cnn3C)C1. The van der Waals surface area contributed by atoms with Crippen LogP contribution in [0.2, 0.25) is 0 Å². The summed E-state index contributed by atoms with van der Waals surface area (Å²) >= 11 is 0. The Morgan fingerprint density at radius 1 is 1.47 bits per heavy atom. The second-order valence-electron chi connectivity index (χ2n) is 4.96. The highest BCUT2D eigenvalue weighted by atomic mass is 19.1. The molecule has 1 fully saturated rings. The van der Waals surface area contributed by atoms with Gasteiger partial charge in [0.05, 0.1) is 24.7 Å². The van der Waals surface area contributed by atoms with E-state index in [1.54, 1.807) is 10.9 Å². The van der Waals surface area contributed by atoms with E-state index in [0.717, 1.165) is 16.9 Å². The van der Waals surface area contributed by atoms with E-state index in [4.69, 9.17) is 4.74 Å². The third-order valence-electron chi connectivity index (χ3n) is 3.51. The average Bonchev–Trinajstić information content (AvgIpc) is 2.95. The van der Waals surface area contributed by atoms with Crippen LogP contribution in [0.15, 0.2) is 12.5 Å². The second kappa shape index (κ2) is 4.41. The van der Waals surface area contributed by atoms with Crippen molar-refractivity contribution >= 4 is 16.9 Å². The van der Waals surface area contributed by atoms with E-state index in [0.29, 0.717) is 19.5 Å². The summed E-state index contributed by atoms with van der Waals surface area (Å²) in [4.78, 5) is 10.4. The van der Waals surface area contributed by atoms with Crippen LogP contribution in [0.25, 0.3) is 11.0 Å². The molecular formula is C12H16FN5O. The second-order valence-corrected chi connectivity index (χ2v) is 4.96. The third-order valence-corrected chi connectivity index (χ3v) is 3.51. The topological polar surface area (TPSA) is 56.1 Å². The zero-order chi connectivity index (χ0) is 13.5. The zero-order valence-corrected chi connectivity index (χ0v) is 11.0. The molecule has 0 spiro atoms. The number of nitrogens with zero attached hydrogens (tertiary/aromatic N) is 5. The van der Waals surface area contributed by atoms with Crippen LogP contribution in [0.1, 0.15) is 6.42 Å². The predicted octanol–water partition coefficient (Wildman–Crippen LogP) is 0.928. The van der Waals surface area contributed by atoms with E-state index in [1.165, 1.54) is 13.4 Å². The molecule has 1 aliphatic rings. The molecule has 3 heterocycles. The fourth-order valence-electron chi connectivity index (χ4n) is 2.59. The number of anilines is 1. The van der Waals surface area contributed by atoms with Crippen molar-refractivity contribution in [2.45, 2.75) is 12.1 Å². The first-order chi connectivity index (χ1) is 9.13. The van der Waals surface area contributed by atoms with Gasteiger partial charge in [-0.15, -0.1) is 0 Å². The van der Waals surface area contributed by atoms with Crippen molar-refractivity contribution in [1.82, 2.24) is 19.7 Å². The van der Waals surface area contributed by atoms with Crippen LogP contribution < -0.4 is 4.90 Å². The fourth-order valence-corrected chi connectivity index (χ4v) is 2.59. The summed E-state index contributed by atoms with van der Waals surface area (Å²) in [6.07, 6.45) is 3.67. The van der Waals surface area contributed by atoms with E-state index in [2.05, 4.69) is 15.1 Å². The highest BCUT2D eigenvalue weighted by Gasteiger charge is 2.39. The lowest BCUT2D eigenvalue weighted by atomic mass is 10.1. The fraction of sp³-hybridized carbons (Fsp3) is 0.583. The van der Waals surface area contributed by atoms with Crippen molar-refractivity contribution in [3.05, 3.63) is 12.5 Å². The molecule has 1 aliphatic heterocycles. The summed E-state index contributed by atoms with van der Waals surface area (Å²) in [6, 6.07) is 0. The molecule has 0 amide bonds. The zero-order valence-electron chi connectivity index (χ0n) is 11.0. The van der Waals surface area contributed by atoms with Crippen molar-refractivity contribution in [2.24, 2.45) is 7.05 Å². The van der Waals surface area contributed by atoms with E-state index in [-0.39, 0.29) is 6.61 Å². The lowest BCUT2D eigenvalue weighted by Gasteiger charge is -2.21. The Labute approximate surface area is 110 Å². The van der Waals surface area contributed by atoms with Crippen LogP contribution in [0.3, 0.4) is 0 Å². The third kappa shape index (κ3) is 2.03. The van der Waals surface area contributed by atoms with Crippen LogP contribution >= 0.6 is 0 Å². The van der Waals surface area contributed by atoms with Gasteiger partial charge in [-0.2, -0.15) is 5.10 Å². The standard InChI is InChI=1S/C12H16FN5O/c1-17-10-9(5-16-17)11(15-8-14-10)18-4-3-12(13,6-18)7-19-2/h5,8H,3-4,6-7H2,1-2H3. The summed E-state index contributed by atoms with van der Waals surface area (Å²) in [6.45, 7) is 1.04. The maximum atomic E-state index is 14.4. The van der Waals surface area contributed by atoms with Crippen molar-refractivity contribution in [3.63, 3.8) is 0 Å². The number of halogens is 1. The Morgan fingerprint density at radius 2 is 2.32 bits per heavy atom. The lowest BCUT2D eigenvalue weighted by Crippen LogP contribution is -2.33. The molecule has 2 aromatic heterocycles. The highest BCUT2D eigenvalue weighted by Crippen LogP contribution is 2.32. The average molecular weight is 265 g/mol. The first kappa shape index (κ1) is 12.3. The van der Waals surface area contributed by atoms with Gasteiger partial charge >= 0.3 is 0 Å². The molecule has 3 rings (SSSR count). The molecule has 0 radical (unpaired) electrons. The first-order valence-electron chi connectivity index (χ1n) is 6.18. The van der Waals surface area contributed by atoms with E-state index in [1.807, 2.05) is 11.9 Å². The van der Waals surface area contributed by atoms with Gasteiger partial charge in [-0.25, -0.2) is 14.4 Å². The molecule has 19 heavy (non-hydrogen) atoms. The quantitative estimate of drug-likeness (QED) is 0.826. The highest BCUT2D eigenvalue weighted by molar-refractivity contribution is 5.86. The number of aryl methyl sites for hydroxylation is 1. The number of ether oxygens (including phenoxy) is 1. The van der Waals surface area contributed by atoms with E-state index >= 15 is 0 Å². The predicted molar refractivity (Wildman–Crippen MR) is 68.8 cm³/mol. The Bertz CT molecular complexity index is 601. The van der Waals surface area contributed by atoms with E-state index < -0.39 is 5.67 Å². The Balaban J connectivity index is 1.94. The van der Waals surface area contributed by atoms with E-state index in [9.17, 15) is 4.39 Å². The number of alkyl halides is 1. The van der Waals surface area contributed by atoms with Crippen molar-refractivity contribution in [1.29, 1.82) is 0 Å². The van der Waals surface area contributed by atoms with Gasteiger partial charge in [-0.05, 0) is 0 Å². The van der Waals surface area contributed by atoms with Crippen LogP contribution in [0.5, 0.6) is 0 Å². The largest absolute Gasteiger partial charge is 0.381 e. The molecule has 7 heteroatoms. The number of methoxy groups -OCH3 is 1. The van der Waals surface area contributed by atoms with Gasteiger partial charge in [0.2, 0.25) is 0 Å². The summed E-state index contributed by atoms with van der Waals surface area (Å²) in [7, 11) is 3.35. The van der Waals surface area contributed by atoms with Gasteiger partial charge in [0, 0.05) is 27.1 Å². The van der Waals surface area contributed by atoms with Gasteiger partial charge in [0.25, 0.3) is 0 Å². The minimum absolute atomic E-state index is 0.116. The lowest BCUT2D eigenvalue weighted by molar-refractivity contribution is 0.0571. The van der Waals surface area contributed by atoms with Crippen molar-refractivity contribution in [2.75, 3.05) is 31.7 Å². The van der Waals surface area contributed by atoms with Gasteiger partial charge in [-0.3, -0.25) is 4.68 Å². The van der Waals surface area contributed by atoms with Crippen molar-refractivity contribution < 1.29 is 9.13 Å². The Morgan fingerprint density at radius 3 is 3.11 bits per heavy atom. The van der Waals surface area contributed by atoms with Crippen LogP contribution in [-0.4, -0.2) is 52.2 Å². The van der Waals surface area contributed by atoms with Gasteiger partial charge in [0.15, 0.2) is 11.3 Å². The van der Waals surface area contributed by atoms with Gasteiger partial charge in [-0.1, -0.05) is 0 Å². The normalized spacial score (nSPS) is 23.4. The Hall–Kier alpha value is -1.76. The minimum atomic E-state index is -1.30.